The van der Waals surface area contributed by atoms with Crippen LogP contribution in [0.25, 0.3) is 21.5 Å². The standard InChI is InChI=1S/C20H16N4O2S/c1-13-7-5-6-10-15(13)22-16(25)11-24-12-21-18-17(14-8-3-2-4-9-14)23-27-19(18)20(24)26/h2-10,12H,11H2,1H3,(H,22,25). The van der Waals surface area contributed by atoms with Crippen LogP contribution in [0.1, 0.15) is 5.56 Å². The van der Waals surface area contributed by atoms with Gasteiger partial charge in [-0.05, 0) is 30.1 Å². The van der Waals surface area contributed by atoms with Gasteiger partial charge in [0.05, 0.1) is 6.33 Å². The normalized spacial score (nSPS) is 10.9. The van der Waals surface area contributed by atoms with E-state index in [2.05, 4.69) is 14.7 Å². The highest BCUT2D eigenvalue weighted by molar-refractivity contribution is 7.13. The molecule has 134 valence electrons. The van der Waals surface area contributed by atoms with E-state index >= 15 is 0 Å². The van der Waals surface area contributed by atoms with Crippen LogP contribution in [0.3, 0.4) is 0 Å². The summed E-state index contributed by atoms with van der Waals surface area (Å²) in [6, 6.07) is 17.1. The number of hydrogen-bond acceptors (Lipinski definition) is 5. The minimum atomic E-state index is -0.277. The summed E-state index contributed by atoms with van der Waals surface area (Å²) >= 11 is 1.11. The molecule has 2 heterocycles. The van der Waals surface area contributed by atoms with Gasteiger partial charge in [-0.2, -0.15) is 4.37 Å². The Morgan fingerprint density at radius 1 is 1.11 bits per heavy atom. The van der Waals surface area contributed by atoms with Crippen molar-refractivity contribution in [1.82, 2.24) is 13.9 Å². The quantitative estimate of drug-likeness (QED) is 0.592. The largest absolute Gasteiger partial charge is 0.324 e. The third kappa shape index (κ3) is 3.37. The zero-order chi connectivity index (χ0) is 18.8. The maximum absolute atomic E-state index is 12.7. The molecule has 6 nitrogen and oxygen atoms in total. The molecule has 4 rings (SSSR count). The number of amides is 1. The van der Waals surface area contributed by atoms with Gasteiger partial charge < -0.3 is 5.32 Å². The molecule has 0 bridgehead atoms. The molecule has 4 aromatic rings. The van der Waals surface area contributed by atoms with E-state index in [1.54, 1.807) is 0 Å². The van der Waals surface area contributed by atoms with Crippen molar-refractivity contribution in [3.8, 4) is 11.3 Å². The Morgan fingerprint density at radius 2 is 1.85 bits per heavy atom. The van der Waals surface area contributed by atoms with Crippen LogP contribution in [0.4, 0.5) is 5.69 Å². The lowest BCUT2D eigenvalue weighted by molar-refractivity contribution is -0.116. The lowest BCUT2D eigenvalue weighted by Gasteiger charge is -2.09. The molecule has 0 spiro atoms. The SMILES string of the molecule is Cc1ccccc1NC(=O)Cn1cnc2c(-c3ccccc3)nsc2c1=O. The van der Waals surface area contributed by atoms with Crippen LogP contribution in [-0.2, 0) is 11.3 Å². The Bertz CT molecular complexity index is 1180. The molecule has 0 saturated heterocycles. The van der Waals surface area contributed by atoms with Crippen molar-refractivity contribution in [2.75, 3.05) is 5.32 Å². The molecule has 0 aliphatic heterocycles. The van der Waals surface area contributed by atoms with Crippen LogP contribution in [0, 0.1) is 6.92 Å². The highest BCUT2D eigenvalue weighted by Crippen LogP contribution is 2.26. The van der Waals surface area contributed by atoms with Gasteiger partial charge in [0.1, 0.15) is 22.5 Å². The van der Waals surface area contributed by atoms with Gasteiger partial charge in [0.25, 0.3) is 5.56 Å². The molecule has 0 aliphatic carbocycles. The number of nitrogens with one attached hydrogen (secondary N) is 1. The van der Waals surface area contributed by atoms with Crippen molar-refractivity contribution >= 4 is 33.3 Å². The number of aromatic nitrogens is 3. The zero-order valence-electron chi connectivity index (χ0n) is 14.5. The molecule has 0 atom stereocenters. The summed E-state index contributed by atoms with van der Waals surface area (Å²) in [5.74, 6) is -0.277. The number of aryl methyl sites for hydroxylation is 1. The van der Waals surface area contributed by atoms with E-state index in [1.165, 1.54) is 10.9 Å². The molecule has 1 N–H and O–H groups in total. The predicted octanol–water partition coefficient (Wildman–Crippen LogP) is 3.47. The van der Waals surface area contributed by atoms with Crippen molar-refractivity contribution in [2.24, 2.45) is 0 Å². The Morgan fingerprint density at radius 3 is 2.63 bits per heavy atom. The van der Waals surface area contributed by atoms with Gasteiger partial charge in [-0.3, -0.25) is 14.2 Å². The molecule has 2 aromatic heterocycles. The number of carbonyl (C=O) groups is 1. The lowest BCUT2D eigenvalue weighted by Crippen LogP contribution is -2.27. The van der Waals surface area contributed by atoms with E-state index in [9.17, 15) is 9.59 Å². The van der Waals surface area contributed by atoms with Crippen molar-refractivity contribution in [2.45, 2.75) is 13.5 Å². The summed E-state index contributed by atoms with van der Waals surface area (Å²) < 4.78 is 6.14. The first kappa shape index (κ1) is 17.1. The molecular weight excluding hydrogens is 360 g/mol. The topological polar surface area (TPSA) is 76.9 Å². The monoisotopic (exact) mass is 376 g/mol. The summed E-state index contributed by atoms with van der Waals surface area (Å²) in [5.41, 5.74) is 3.58. The number of benzene rings is 2. The molecule has 0 fully saturated rings. The summed E-state index contributed by atoms with van der Waals surface area (Å²) in [4.78, 5) is 29.5. The molecule has 1 amide bonds. The molecule has 0 aliphatic rings. The Labute approximate surface area is 159 Å². The Hall–Kier alpha value is -3.32. The van der Waals surface area contributed by atoms with Crippen LogP contribution >= 0.6 is 11.5 Å². The highest BCUT2D eigenvalue weighted by Gasteiger charge is 2.15. The smallest absolute Gasteiger partial charge is 0.273 e. The fraction of sp³-hybridized carbons (Fsp3) is 0.100. The van der Waals surface area contributed by atoms with Gasteiger partial charge in [0.15, 0.2) is 0 Å². The van der Waals surface area contributed by atoms with E-state index < -0.39 is 0 Å². The molecule has 27 heavy (non-hydrogen) atoms. The van der Waals surface area contributed by atoms with Crippen molar-refractivity contribution in [3.63, 3.8) is 0 Å². The molecule has 2 aromatic carbocycles. The Kier molecular flexibility index (Phi) is 4.52. The number of para-hydroxylation sites is 1. The minimum Gasteiger partial charge on any atom is -0.324 e. The fourth-order valence-electron chi connectivity index (χ4n) is 2.81. The van der Waals surface area contributed by atoms with Gasteiger partial charge in [0.2, 0.25) is 5.91 Å². The summed E-state index contributed by atoms with van der Waals surface area (Å²) in [6.45, 7) is 1.81. The number of fused-ring (bicyclic) bond motifs is 1. The third-order valence-corrected chi connectivity index (χ3v) is 5.05. The van der Waals surface area contributed by atoms with E-state index in [0.29, 0.717) is 15.9 Å². The lowest BCUT2D eigenvalue weighted by atomic mass is 10.1. The Balaban J connectivity index is 1.62. The van der Waals surface area contributed by atoms with E-state index in [0.717, 1.165) is 28.3 Å². The van der Waals surface area contributed by atoms with Crippen molar-refractivity contribution in [1.29, 1.82) is 0 Å². The first-order valence-corrected chi connectivity index (χ1v) is 9.16. The molecular formula is C20H16N4O2S. The second-order valence-electron chi connectivity index (χ2n) is 6.12. The van der Waals surface area contributed by atoms with Gasteiger partial charge in [-0.1, -0.05) is 48.5 Å². The predicted molar refractivity (Wildman–Crippen MR) is 107 cm³/mol. The van der Waals surface area contributed by atoms with Crippen molar-refractivity contribution < 1.29 is 4.79 Å². The van der Waals surface area contributed by atoms with Crippen LogP contribution in [0.15, 0.2) is 65.7 Å². The number of nitrogens with zero attached hydrogens (tertiary/aromatic N) is 3. The van der Waals surface area contributed by atoms with Gasteiger partial charge >= 0.3 is 0 Å². The number of carbonyl (C=O) groups excluding carboxylic acids is 1. The third-order valence-electron chi connectivity index (χ3n) is 4.23. The number of rotatable bonds is 4. The summed E-state index contributed by atoms with van der Waals surface area (Å²) in [7, 11) is 0. The van der Waals surface area contributed by atoms with Crippen LogP contribution in [-0.4, -0.2) is 19.8 Å². The van der Waals surface area contributed by atoms with Gasteiger partial charge in [0, 0.05) is 11.3 Å². The van der Waals surface area contributed by atoms with E-state index in [-0.39, 0.29) is 18.0 Å². The molecule has 0 radical (unpaired) electrons. The van der Waals surface area contributed by atoms with Crippen molar-refractivity contribution in [3.05, 3.63) is 76.8 Å². The van der Waals surface area contributed by atoms with Crippen LogP contribution < -0.4 is 10.9 Å². The fourth-order valence-corrected chi connectivity index (χ4v) is 3.62. The van der Waals surface area contributed by atoms with Gasteiger partial charge in [-0.15, -0.1) is 0 Å². The van der Waals surface area contributed by atoms with Gasteiger partial charge in [-0.25, -0.2) is 4.98 Å². The minimum absolute atomic E-state index is 0.103. The maximum atomic E-state index is 12.7. The highest BCUT2D eigenvalue weighted by atomic mass is 32.1. The molecule has 7 heteroatoms. The maximum Gasteiger partial charge on any atom is 0.273 e. The summed E-state index contributed by atoms with van der Waals surface area (Å²) in [5, 5.41) is 2.83. The average Bonchev–Trinajstić information content (AvgIpc) is 3.11. The molecule has 0 saturated carbocycles. The van der Waals surface area contributed by atoms with E-state index in [1.807, 2.05) is 61.5 Å². The first-order chi connectivity index (χ1) is 13.1. The number of anilines is 1. The number of hydrogen-bond donors (Lipinski definition) is 1. The zero-order valence-corrected chi connectivity index (χ0v) is 15.4. The van der Waals surface area contributed by atoms with Crippen LogP contribution in [0.2, 0.25) is 0 Å². The average molecular weight is 376 g/mol. The second-order valence-corrected chi connectivity index (χ2v) is 6.89. The van der Waals surface area contributed by atoms with Crippen LogP contribution in [0.5, 0.6) is 0 Å². The van der Waals surface area contributed by atoms with E-state index in [4.69, 9.17) is 0 Å². The first-order valence-electron chi connectivity index (χ1n) is 8.39. The summed E-state index contributed by atoms with van der Waals surface area (Å²) in [6.07, 6.45) is 1.41. The molecule has 0 unspecified atom stereocenters. The second kappa shape index (κ2) is 7.13.